The summed E-state index contributed by atoms with van der Waals surface area (Å²) in [6.07, 6.45) is 1.57. The van der Waals surface area contributed by atoms with Crippen LogP contribution in [-0.4, -0.2) is 28.4 Å². The van der Waals surface area contributed by atoms with Gasteiger partial charge < -0.3 is 9.84 Å². The molecule has 0 spiro atoms. The van der Waals surface area contributed by atoms with Gasteiger partial charge in [0.05, 0.1) is 18.2 Å². The van der Waals surface area contributed by atoms with E-state index in [0.717, 1.165) is 11.1 Å². The molecule has 2 heterocycles. The van der Waals surface area contributed by atoms with Gasteiger partial charge in [0.25, 0.3) is 5.78 Å². The van der Waals surface area contributed by atoms with Gasteiger partial charge in [0.1, 0.15) is 17.3 Å². The lowest BCUT2D eigenvalue weighted by molar-refractivity contribution is -0.132. The number of rotatable bonds is 5. The van der Waals surface area contributed by atoms with Crippen molar-refractivity contribution in [1.82, 2.24) is 4.98 Å². The molecule has 1 amide bonds. The molecule has 32 heavy (non-hydrogen) atoms. The molecule has 1 N–H and O–H groups in total. The van der Waals surface area contributed by atoms with Crippen molar-refractivity contribution in [3.05, 3.63) is 94.7 Å². The molecule has 1 aliphatic heterocycles. The molecule has 0 radical (unpaired) electrons. The van der Waals surface area contributed by atoms with E-state index in [4.69, 9.17) is 4.74 Å². The van der Waals surface area contributed by atoms with Crippen LogP contribution in [0.4, 0.5) is 5.82 Å². The lowest BCUT2D eigenvalue weighted by Crippen LogP contribution is -2.30. The highest BCUT2D eigenvalue weighted by Gasteiger charge is 2.47. The monoisotopic (exact) mass is 428 g/mol. The summed E-state index contributed by atoms with van der Waals surface area (Å²) in [5.41, 5.74) is 3.01. The van der Waals surface area contributed by atoms with Gasteiger partial charge in [-0.1, -0.05) is 35.9 Å². The highest BCUT2D eigenvalue weighted by molar-refractivity contribution is 6.51. The second-order valence-electron chi connectivity index (χ2n) is 7.68. The predicted molar refractivity (Wildman–Crippen MR) is 123 cm³/mol. The summed E-state index contributed by atoms with van der Waals surface area (Å²) in [6, 6.07) is 17.2. The summed E-state index contributed by atoms with van der Waals surface area (Å²) >= 11 is 0. The van der Waals surface area contributed by atoms with E-state index in [-0.39, 0.29) is 11.3 Å². The number of carbonyl (C=O) groups excluding carboxylic acids is 2. The van der Waals surface area contributed by atoms with Crippen molar-refractivity contribution in [3.8, 4) is 5.75 Å². The average Bonchev–Trinajstić information content (AvgIpc) is 3.05. The fourth-order valence-corrected chi connectivity index (χ4v) is 3.93. The zero-order valence-corrected chi connectivity index (χ0v) is 18.2. The van der Waals surface area contributed by atoms with Crippen LogP contribution >= 0.6 is 0 Å². The van der Waals surface area contributed by atoms with Gasteiger partial charge in [-0.15, -0.1) is 0 Å². The quantitative estimate of drug-likeness (QED) is 0.361. The Hall–Kier alpha value is -3.93. The van der Waals surface area contributed by atoms with Gasteiger partial charge in [-0.25, -0.2) is 4.98 Å². The zero-order chi connectivity index (χ0) is 22.8. The van der Waals surface area contributed by atoms with Gasteiger partial charge >= 0.3 is 5.91 Å². The van der Waals surface area contributed by atoms with Gasteiger partial charge in [0.2, 0.25) is 0 Å². The topological polar surface area (TPSA) is 79.7 Å². The van der Waals surface area contributed by atoms with Crippen LogP contribution in [-0.2, 0) is 9.59 Å². The normalized spacial score (nSPS) is 17.6. The summed E-state index contributed by atoms with van der Waals surface area (Å²) in [6.45, 7) is 6.20. The number of ether oxygens (including phenoxy) is 1. The average molecular weight is 428 g/mol. The van der Waals surface area contributed by atoms with Crippen molar-refractivity contribution < 1.29 is 19.4 Å². The molecule has 0 saturated carbocycles. The standard InChI is InChI=1S/C26H24N2O4/c1-4-32-19-12-13-20(17(3)15-19)24(29)22-23(18-10-8-16(2)9-11-18)28(26(31)25(22)30)21-7-5-6-14-27-21/h5-15,23,29H,4H2,1-3H3/t23-/m1/s1. The number of hydrogen-bond donors (Lipinski definition) is 1. The van der Waals surface area contributed by atoms with Crippen LogP contribution in [0.3, 0.4) is 0 Å². The number of aryl methyl sites for hydroxylation is 2. The molecule has 2 aromatic carbocycles. The molecular formula is C26H24N2O4. The third-order valence-electron chi connectivity index (χ3n) is 5.50. The Balaban J connectivity index is 1.91. The first-order chi connectivity index (χ1) is 15.4. The van der Waals surface area contributed by atoms with Crippen molar-refractivity contribution in [2.45, 2.75) is 26.8 Å². The first kappa shape index (κ1) is 21.3. The van der Waals surface area contributed by atoms with Gasteiger partial charge in [-0.2, -0.15) is 0 Å². The number of aliphatic hydroxyl groups is 1. The Morgan fingerprint density at radius 2 is 1.81 bits per heavy atom. The largest absolute Gasteiger partial charge is 0.507 e. The number of Topliss-reactive ketones (excluding diaryl/α,β-unsaturated/α-hetero) is 1. The van der Waals surface area contributed by atoms with Crippen LogP contribution in [0.15, 0.2) is 72.4 Å². The minimum Gasteiger partial charge on any atom is -0.507 e. The molecular weight excluding hydrogens is 404 g/mol. The molecule has 1 aromatic heterocycles. The molecule has 1 saturated heterocycles. The Kier molecular flexibility index (Phi) is 5.77. The number of ketones is 1. The highest BCUT2D eigenvalue weighted by atomic mass is 16.5. The molecule has 0 unspecified atom stereocenters. The number of aliphatic hydroxyl groups excluding tert-OH is 1. The van der Waals surface area contributed by atoms with E-state index in [9.17, 15) is 14.7 Å². The van der Waals surface area contributed by atoms with Crippen molar-refractivity contribution in [2.75, 3.05) is 11.5 Å². The van der Waals surface area contributed by atoms with Crippen molar-refractivity contribution >= 4 is 23.3 Å². The maximum absolute atomic E-state index is 13.2. The molecule has 1 aliphatic rings. The Morgan fingerprint density at radius 1 is 1.06 bits per heavy atom. The van der Waals surface area contributed by atoms with Gasteiger partial charge in [0, 0.05) is 11.8 Å². The summed E-state index contributed by atoms with van der Waals surface area (Å²) in [5.74, 6) is -0.660. The summed E-state index contributed by atoms with van der Waals surface area (Å²) in [5, 5.41) is 11.3. The number of hydrogen-bond acceptors (Lipinski definition) is 5. The van der Waals surface area contributed by atoms with Gasteiger partial charge in [-0.3, -0.25) is 14.5 Å². The van der Waals surface area contributed by atoms with E-state index in [1.807, 2.05) is 45.0 Å². The smallest absolute Gasteiger partial charge is 0.301 e. The Morgan fingerprint density at radius 3 is 2.44 bits per heavy atom. The lowest BCUT2D eigenvalue weighted by atomic mass is 9.93. The van der Waals surface area contributed by atoms with Crippen LogP contribution < -0.4 is 9.64 Å². The van der Waals surface area contributed by atoms with E-state index in [1.54, 1.807) is 42.6 Å². The molecule has 6 nitrogen and oxygen atoms in total. The van der Waals surface area contributed by atoms with E-state index in [1.165, 1.54) is 4.90 Å². The summed E-state index contributed by atoms with van der Waals surface area (Å²) < 4.78 is 5.53. The lowest BCUT2D eigenvalue weighted by Gasteiger charge is -2.24. The maximum Gasteiger partial charge on any atom is 0.301 e. The first-order valence-electron chi connectivity index (χ1n) is 10.4. The van der Waals surface area contributed by atoms with Crippen molar-refractivity contribution in [2.24, 2.45) is 0 Å². The van der Waals surface area contributed by atoms with Crippen LogP contribution in [0.1, 0.15) is 35.2 Å². The summed E-state index contributed by atoms with van der Waals surface area (Å²) in [7, 11) is 0. The second-order valence-corrected chi connectivity index (χ2v) is 7.68. The zero-order valence-electron chi connectivity index (χ0n) is 18.2. The van der Waals surface area contributed by atoms with E-state index >= 15 is 0 Å². The predicted octanol–water partition coefficient (Wildman–Crippen LogP) is 4.72. The molecule has 6 heteroatoms. The number of aromatic nitrogens is 1. The number of amides is 1. The third-order valence-corrected chi connectivity index (χ3v) is 5.50. The number of carbonyl (C=O) groups is 2. The molecule has 0 aliphatic carbocycles. The minimum atomic E-state index is -0.795. The minimum absolute atomic E-state index is 0.0387. The molecule has 162 valence electrons. The van der Waals surface area contributed by atoms with Crippen molar-refractivity contribution in [3.63, 3.8) is 0 Å². The van der Waals surface area contributed by atoms with Crippen molar-refractivity contribution in [1.29, 1.82) is 0 Å². The number of pyridine rings is 1. The van der Waals surface area contributed by atoms with Crippen LogP contribution in [0.5, 0.6) is 5.75 Å². The molecule has 3 aromatic rings. The Labute approximate surface area is 186 Å². The molecule has 4 rings (SSSR count). The highest BCUT2D eigenvalue weighted by Crippen LogP contribution is 2.42. The fourth-order valence-electron chi connectivity index (χ4n) is 3.93. The van der Waals surface area contributed by atoms with Crippen LogP contribution in [0.2, 0.25) is 0 Å². The molecule has 1 atom stereocenters. The third kappa shape index (κ3) is 3.75. The van der Waals surface area contributed by atoms with Gasteiger partial charge in [-0.05, 0) is 62.2 Å². The first-order valence-corrected chi connectivity index (χ1v) is 10.4. The van der Waals surface area contributed by atoms with Gasteiger partial charge in [0.15, 0.2) is 0 Å². The van der Waals surface area contributed by atoms with Crippen LogP contribution in [0.25, 0.3) is 5.76 Å². The van der Waals surface area contributed by atoms with E-state index in [2.05, 4.69) is 4.98 Å². The molecule has 0 bridgehead atoms. The van der Waals surface area contributed by atoms with Crippen LogP contribution in [0, 0.1) is 13.8 Å². The molecule has 1 fully saturated rings. The summed E-state index contributed by atoms with van der Waals surface area (Å²) in [4.78, 5) is 31.9. The van der Waals surface area contributed by atoms with E-state index in [0.29, 0.717) is 29.3 Å². The number of nitrogens with zero attached hydrogens (tertiary/aromatic N) is 2. The fraction of sp³-hybridized carbons (Fsp3) is 0.192. The number of anilines is 1. The second kappa shape index (κ2) is 8.67. The Bertz CT molecular complexity index is 1200. The SMILES string of the molecule is CCOc1ccc(C(O)=C2C(=O)C(=O)N(c3ccccn3)[C@@H]2c2ccc(C)cc2)c(C)c1. The van der Waals surface area contributed by atoms with E-state index < -0.39 is 17.7 Å². The number of benzene rings is 2. The maximum atomic E-state index is 13.2.